The van der Waals surface area contributed by atoms with E-state index in [9.17, 15) is 5.11 Å². The summed E-state index contributed by atoms with van der Waals surface area (Å²) in [6.07, 6.45) is 1.87. The Bertz CT molecular complexity index is 553. The molecule has 1 aliphatic heterocycles. The Balaban J connectivity index is 1.94. The molecule has 0 bridgehead atoms. The smallest absolute Gasteiger partial charge is 0.180 e. The van der Waals surface area contributed by atoms with Gasteiger partial charge in [-0.25, -0.2) is 4.98 Å². The Morgan fingerprint density at radius 2 is 2.35 bits per heavy atom. The van der Waals surface area contributed by atoms with Crippen molar-refractivity contribution in [3.63, 3.8) is 0 Å². The van der Waals surface area contributed by atoms with Gasteiger partial charge >= 0.3 is 0 Å². The standard InChI is InChI=1S/C12H12N2O2S/c13-12-14-6-10(17-12)11(15)8-1-2-9-7(5-8)3-4-16-9/h1-2,5-6,11,15H,3-4H2,(H2,13,14). The molecule has 0 saturated carbocycles. The van der Waals surface area contributed by atoms with E-state index < -0.39 is 6.10 Å². The fourth-order valence-electron chi connectivity index (χ4n) is 1.97. The summed E-state index contributed by atoms with van der Waals surface area (Å²) in [6, 6.07) is 5.78. The SMILES string of the molecule is Nc1ncc(C(O)c2ccc3c(c2)CCO3)s1. The lowest BCUT2D eigenvalue weighted by Gasteiger charge is -2.09. The summed E-state index contributed by atoms with van der Waals surface area (Å²) in [5.41, 5.74) is 7.57. The van der Waals surface area contributed by atoms with Crippen LogP contribution in [0.5, 0.6) is 5.75 Å². The summed E-state index contributed by atoms with van der Waals surface area (Å²) in [7, 11) is 0. The molecule has 5 heteroatoms. The highest BCUT2D eigenvalue weighted by atomic mass is 32.1. The molecule has 0 amide bonds. The van der Waals surface area contributed by atoms with Crippen molar-refractivity contribution in [1.29, 1.82) is 0 Å². The molecule has 3 N–H and O–H groups in total. The highest BCUT2D eigenvalue weighted by molar-refractivity contribution is 7.15. The normalized spacial score (nSPS) is 15.4. The summed E-state index contributed by atoms with van der Waals surface area (Å²) in [5, 5.41) is 10.7. The molecule has 0 fully saturated rings. The van der Waals surface area contributed by atoms with E-state index in [4.69, 9.17) is 10.5 Å². The first kappa shape index (κ1) is 10.6. The van der Waals surface area contributed by atoms with Crippen molar-refractivity contribution in [3.05, 3.63) is 40.4 Å². The van der Waals surface area contributed by atoms with E-state index >= 15 is 0 Å². The van der Waals surface area contributed by atoms with Gasteiger partial charge in [0.25, 0.3) is 0 Å². The van der Waals surface area contributed by atoms with Gasteiger partial charge in [-0.3, -0.25) is 0 Å². The third kappa shape index (κ3) is 1.87. The average Bonchev–Trinajstić information content (AvgIpc) is 2.95. The zero-order valence-corrected chi connectivity index (χ0v) is 9.91. The van der Waals surface area contributed by atoms with Gasteiger partial charge in [0.05, 0.1) is 11.5 Å². The van der Waals surface area contributed by atoms with Gasteiger partial charge in [-0.15, -0.1) is 0 Å². The van der Waals surface area contributed by atoms with E-state index in [-0.39, 0.29) is 0 Å². The Hall–Kier alpha value is -1.59. The van der Waals surface area contributed by atoms with Crippen LogP contribution in [0.25, 0.3) is 0 Å². The number of ether oxygens (including phenoxy) is 1. The molecule has 4 nitrogen and oxygen atoms in total. The number of aliphatic hydroxyl groups is 1. The first-order chi connectivity index (χ1) is 8.24. The van der Waals surface area contributed by atoms with Gasteiger partial charge < -0.3 is 15.6 Å². The van der Waals surface area contributed by atoms with Gasteiger partial charge in [-0.05, 0) is 23.3 Å². The van der Waals surface area contributed by atoms with E-state index in [0.717, 1.165) is 34.8 Å². The van der Waals surface area contributed by atoms with Crippen molar-refractivity contribution in [3.8, 4) is 5.75 Å². The minimum absolute atomic E-state index is 0.476. The van der Waals surface area contributed by atoms with Gasteiger partial charge in [0.2, 0.25) is 0 Å². The quantitative estimate of drug-likeness (QED) is 0.849. The number of fused-ring (bicyclic) bond motifs is 1. The number of hydrogen-bond acceptors (Lipinski definition) is 5. The summed E-state index contributed by atoms with van der Waals surface area (Å²) >= 11 is 1.31. The number of benzene rings is 1. The van der Waals surface area contributed by atoms with Crippen LogP contribution in [0.3, 0.4) is 0 Å². The van der Waals surface area contributed by atoms with Crippen LogP contribution in [0.2, 0.25) is 0 Å². The first-order valence-corrected chi connectivity index (χ1v) is 6.20. The highest BCUT2D eigenvalue weighted by Crippen LogP contribution is 2.32. The molecule has 1 aromatic carbocycles. The van der Waals surface area contributed by atoms with E-state index in [1.165, 1.54) is 11.3 Å². The minimum atomic E-state index is -0.657. The van der Waals surface area contributed by atoms with Gasteiger partial charge in [0.1, 0.15) is 11.9 Å². The molecule has 1 atom stereocenters. The van der Waals surface area contributed by atoms with E-state index in [2.05, 4.69) is 4.98 Å². The lowest BCUT2D eigenvalue weighted by atomic mass is 10.0. The number of aromatic nitrogens is 1. The maximum atomic E-state index is 10.2. The number of hydrogen-bond donors (Lipinski definition) is 2. The molecule has 3 rings (SSSR count). The molecule has 0 radical (unpaired) electrons. The van der Waals surface area contributed by atoms with Gasteiger partial charge in [0.15, 0.2) is 5.13 Å². The van der Waals surface area contributed by atoms with Crippen LogP contribution in [0.4, 0.5) is 5.13 Å². The second-order valence-corrected chi connectivity index (χ2v) is 5.06. The van der Waals surface area contributed by atoms with Crippen LogP contribution in [0.1, 0.15) is 22.1 Å². The van der Waals surface area contributed by atoms with Crippen molar-refractivity contribution >= 4 is 16.5 Å². The van der Waals surface area contributed by atoms with Crippen molar-refractivity contribution in [2.75, 3.05) is 12.3 Å². The number of thiazole rings is 1. The number of nitrogens with zero attached hydrogens (tertiary/aromatic N) is 1. The summed E-state index contributed by atoms with van der Waals surface area (Å²) in [5.74, 6) is 0.921. The van der Waals surface area contributed by atoms with Crippen LogP contribution in [0.15, 0.2) is 24.4 Å². The fraction of sp³-hybridized carbons (Fsp3) is 0.250. The predicted octanol–water partition coefficient (Wildman–Crippen LogP) is 1.74. The van der Waals surface area contributed by atoms with E-state index in [1.807, 2.05) is 18.2 Å². The Morgan fingerprint density at radius 1 is 1.47 bits per heavy atom. The summed E-state index contributed by atoms with van der Waals surface area (Å²) < 4.78 is 5.43. The molecule has 2 heterocycles. The third-order valence-electron chi connectivity index (χ3n) is 2.84. The second-order valence-electron chi connectivity index (χ2n) is 3.97. The zero-order valence-electron chi connectivity index (χ0n) is 9.09. The first-order valence-electron chi connectivity index (χ1n) is 5.39. The highest BCUT2D eigenvalue weighted by Gasteiger charge is 2.18. The lowest BCUT2D eigenvalue weighted by molar-refractivity contribution is 0.224. The second kappa shape index (κ2) is 4.01. The molecule has 88 valence electrons. The van der Waals surface area contributed by atoms with Crippen LogP contribution < -0.4 is 10.5 Å². The average molecular weight is 248 g/mol. The van der Waals surface area contributed by atoms with E-state index in [0.29, 0.717) is 5.13 Å². The zero-order chi connectivity index (χ0) is 11.8. The maximum Gasteiger partial charge on any atom is 0.180 e. The topological polar surface area (TPSA) is 68.4 Å². The monoisotopic (exact) mass is 248 g/mol. The molecule has 0 aliphatic carbocycles. The van der Waals surface area contributed by atoms with Crippen molar-refractivity contribution in [2.45, 2.75) is 12.5 Å². The molecule has 17 heavy (non-hydrogen) atoms. The third-order valence-corrected chi connectivity index (χ3v) is 3.72. The van der Waals surface area contributed by atoms with Crippen molar-refractivity contribution in [2.24, 2.45) is 0 Å². The Morgan fingerprint density at radius 3 is 3.12 bits per heavy atom. The van der Waals surface area contributed by atoms with Crippen LogP contribution in [-0.2, 0) is 6.42 Å². The number of rotatable bonds is 2. The number of nitrogen functional groups attached to an aromatic ring is 1. The Labute approximate surface area is 103 Å². The summed E-state index contributed by atoms with van der Waals surface area (Å²) in [6.45, 7) is 0.725. The molecule has 1 unspecified atom stereocenters. The molecule has 2 aromatic rings. The molecule has 1 aliphatic rings. The maximum absolute atomic E-state index is 10.2. The summed E-state index contributed by atoms with van der Waals surface area (Å²) in [4.78, 5) is 4.71. The van der Waals surface area contributed by atoms with Crippen molar-refractivity contribution < 1.29 is 9.84 Å². The molecular weight excluding hydrogens is 236 g/mol. The van der Waals surface area contributed by atoms with Crippen LogP contribution in [0, 0.1) is 0 Å². The number of anilines is 1. The Kier molecular flexibility index (Phi) is 2.49. The van der Waals surface area contributed by atoms with E-state index in [1.54, 1.807) is 6.20 Å². The van der Waals surface area contributed by atoms with Crippen molar-refractivity contribution in [1.82, 2.24) is 4.98 Å². The molecular formula is C12H12N2O2S. The lowest BCUT2D eigenvalue weighted by Crippen LogP contribution is -1.97. The van der Waals surface area contributed by atoms with Gasteiger partial charge in [0, 0.05) is 12.6 Å². The minimum Gasteiger partial charge on any atom is -0.493 e. The molecule has 0 spiro atoms. The van der Waals surface area contributed by atoms with Crippen LogP contribution >= 0.6 is 11.3 Å². The van der Waals surface area contributed by atoms with Crippen LogP contribution in [-0.4, -0.2) is 16.7 Å². The number of nitrogens with two attached hydrogens (primary N) is 1. The predicted molar refractivity (Wildman–Crippen MR) is 66.2 cm³/mol. The largest absolute Gasteiger partial charge is 0.493 e. The number of aliphatic hydroxyl groups excluding tert-OH is 1. The molecule has 1 aromatic heterocycles. The van der Waals surface area contributed by atoms with Gasteiger partial charge in [-0.2, -0.15) is 0 Å². The fourth-order valence-corrected chi connectivity index (χ4v) is 2.67. The van der Waals surface area contributed by atoms with Gasteiger partial charge in [-0.1, -0.05) is 17.4 Å². The molecule has 0 saturated heterocycles.